The summed E-state index contributed by atoms with van der Waals surface area (Å²) >= 11 is 6.45. The number of ketones is 1. The van der Waals surface area contributed by atoms with Crippen molar-refractivity contribution >= 4 is 67.7 Å². The van der Waals surface area contributed by atoms with Crippen LogP contribution >= 0.6 is 11.6 Å². The van der Waals surface area contributed by atoms with Gasteiger partial charge in [0.1, 0.15) is 11.4 Å². The molecule has 4 aromatic carbocycles. The Bertz CT molecular complexity index is 2080. The normalized spacial score (nSPS) is 14.3. The average molecular weight is 619 g/mol. The second kappa shape index (κ2) is 11.8. The third-order valence-electron chi connectivity index (χ3n) is 8.39. The highest BCUT2D eigenvalue weighted by molar-refractivity contribution is 6.19. The summed E-state index contributed by atoms with van der Waals surface area (Å²) in [5.41, 5.74) is 5.20. The number of hydrogen-bond donors (Lipinski definition) is 3. The van der Waals surface area contributed by atoms with Crippen LogP contribution in [-0.2, 0) is 6.42 Å². The number of fused-ring (bicyclic) bond motifs is 5. The number of rotatable bonds is 8. The van der Waals surface area contributed by atoms with E-state index >= 15 is 0 Å². The Morgan fingerprint density at radius 1 is 0.889 bits per heavy atom. The van der Waals surface area contributed by atoms with Crippen molar-refractivity contribution in [2.24, 2.45) is 0 Å². The SMILES string of the molecule is CCCNC(=O)Oc1cc2c(c3ccccc13)C(CCl)CN2C(=O)c1cc2cc(CC(=O)c3cc4ccccc4[nH]3)ccc2[nH]1. The quantitative estimate of drug-likeness (QED) is 0.120. The van der Waals surface area contributed by atoms with E-state index in [9.17, 15) is 14.4 Å². The monoisotopic (exact) mass is 618 g/mol. The number of carbonyl (C=O) groups is 3. The Hall–Kier alpha value is -5.08. The van der Waals surface area contributed by atoms with Gasteiger partial charge in [-0.3, -0.25) is 9.59 Å². The minimum atomic E-state index is -0.541. The van der Waals surface area contributed by atoms with E-state index in [-0.39, 0.29) is 24.0 Å². The van der Waals surface area contributed by atoms with Gasteiger partial charge >= 0.3 is 6.09 Å². The minimum absolute atomic E-state index is 0.00759. The van der Waals surface area contributed by atoms with Gasteiger partial charge in [0.2, 0.25) is 0 Å². The van der Waals surface area contributed by atoms with E-state index in [1.807, 2.05) is 85.8 Å². The van der Waals surface area contributed by atoms with Crippen molar-refractivity contribution in [3.63, 3.8) is 0 Å². The zero-order valence-electron chi connectivity index (χ0n) is 24.7. The second-order valence-corrected chi connectivity index (χ2v) is 11.7. The fraction of sp³-hybridized carbons (Fsp3) is 0.194. The van der Waals surface area contributed by atoms with Crippen molar-refractivity contribution in [1.29, 1.82) is 0 Å². The molecule has 0 saturated carbocycles. The standard InChI is InChI=1S/C36H31ClN4O4/c1-2-13-38-36(44)45-33-18-31-34(26-9-5-4-8-25(26)33)24(19-37)20-41(31)35(43)30-17-23-14-21(11-12-28(23)40-30)15-32(42)29-16-22-7-3-6-10-27(22)39-29/h3-12,14,16-18,24,39-40H,2,13,15,19-20H2,1H3,(H,38,44). The molecule has 0 bridgehead atoms. The van der Waals surface area contributed by atoms with Crippen molar-refractivity contribution in [1.82, 2.24) is 15.3 Å². The Kier molecular flexibility index (Phi) is 7.51. The first-order valence-corrected chi connectivity index (χ1v) is 15.6. The molecular weight excluding hydrogens is 588 g/mol. The number of halogens is 1. The molecule has 1 atom stereocenters. The van der Waals surface area contributed by atoms with Crippen LogP contribution in [0.15, 0.2) is 84.9 Å². The summed E-state index contributed by atoms with van der Waals surface area (Å²) in [5, 5.41) is 6.27. The third kappa shape index (κ3) is 5.31. The minimum Gasteiger partial charge on any atom is -0.410 e. The maximum absolute atomic E-state index is 14.1. The van der Waals surface area contributed by atoms with E-state index in [1.54, 1.807) is 11.0 Å². The number of anilines is 1. The highest BCUT2D eigenvalue weighted by Gasteiger charge is 2.36. The first-order valence-electron chi connectivity index (χ1n) is 15.0. The largest absolute Gasteiger partial charge is 0.412 e. The molecule has 1 aliphatic rings. The van der Waals surface area contributed by atoms with Crippen molar-refractivity contribution in [3.05, 3.63) is 107 Å². The Balaban J connectivity index is 1.18. The van der Waals surface area contributed by atoms with E-state index in [0.29, 0.717) is 41.8 Å². The number of nitrogens with zero attached hydrogens (tertiary/aromatic N) is 1. The number of benzene rings is 4. The maximum atomic E-state index is 14.1. The van der Waals surface area contributed by atoms with Crippen LogP contribution in [0.4, 0.5) is 10.5 Å². The molecule has 3 heterocycles. The lowest BCUT2D eigenvalue weighted by molar-refractivity contribution is 0.0978. The van der Waals surface area contributed by atoms with E-state index in [0.717, 1.165) is 50.1 Å². The van der Waals surface area contributed by atoms with Gasteiger partial charge in [-0.15, -0.1) is 11.6 Å². The molecule has 1 unspecified atom stereocenters. The predicted octanol–water partition coefficient (Wildman–Crippen LogP) is 7.71. The fourth-order valence-electron chi connectivity index (χ4n) is 6.24. The maximum Gasteiger partial charge on any atom is 0.412 e. The van der Waals surface area contributed by atoms with Crippen LogP contribution in [0.3, 0.4) is 0 Å². The number of alkyl halides is 1. The highest BCUT2D eigenvalue weighted by Crippen LogP contribution is 2.46. The molecule has 0 saturated heterocycles. The molecule has 9 heteroatoms. The van der Waals surface area contributed by atoms with Gasteiger partial charge in [0, 0.05) is 64.6 Å². The molecule has 6 aromatic rings. The molecule has 3 N–H and O–H groups in total. The highest BCUT2D eigenvalue weighted by atomic mass is 35.5. The number of para-hydroxylation sites is 1. The molecule has 0 spiro atoms. The lowest BCUT2D eigenvalue weighted by Crippen LogP contribution is -2.30. The van der Waals surface area contributed by atoms with Gasteiger partial charge in [-0.05, 0) is 53.3 Å². The Labute approximate surface area is 264 Å². The predicted molar refractivity (Wildman–Crippen MR) is 178 cm³/mol. The van der Waals surface area contributed by atoms with Gasteiger partial charge in [0.25, 0.3) is 5.91 Å². The molecule has 2 amide bonds. The molecule has 226 valence electrons. The molecule has 0 fully saturated rings. The summed E-state index contributed by atoms with van der Waals surface area (Å²) in [4.78, 5) is 47.8. The van der Waals surface area contributed by atoms with Gasteiger partial charge < -0.3 is 24.9 Å². The zero-order chi connectivity index (χ0) is 31.1. The molecule has 0 radical (unpaired) electrons. The Morgan fingerprint density at radius 2 is 1.62 bits per heavy atom. The molecule has 45 heavy (non-hydrogen) atoms. The summed E-state index contributed by atoms with van der Waals surface area (Å²) in [6.45, 7) is 2.86. The van der Waals surface area contributed by atoms with Crippen molar-refractivity contribution in [2.75, 3.05) is 23.9 Å². The number of aromatic nitrogens is 2. The van der Waals surface area contributed by atoms with E-state index in [4.69, 9.17) is 16.3 Å². The van der Waals surface area contributed by atoms with Gasteiger partial charge in [-0.1, -0.05) is 55.5 Å². The van der Waals surface area contributed by atoms with Crippen LogP contribution in [0.5, 0.6) is 5.75 Å². The summed E-state index contributed by atoms with van der Waals surface area (Å²) in [7, 11) is 0. The number of aromatic amines is 2. The number of H-pyrrole nitrogens is 2. The molecule has 7 rings (SSSR count). The van der Waals surface area contributed by atoms with E-state index in [1.165, 1.54) is 0 Å². The average Bonchev–Trinajstić information content (AvgIpc) is 3.78. The van der Waals surface area contributed by atoms with Crippen LogP contribution in [0, 0.1) is 0 Å². The number of nitrogens with one attached hydrogen (secondary N) is 3. The summed E-state index contributed by atoms with van der Waals surface area (Å²) in [6.07, 6.45) is 0.475. The fourth-order valence-corrected chi connectivity index (χ4v) is 6.49. The first kappa shape index (κ1) is 28.7. The molecule has 0 aliphatic carbocycles. The van der Waals surface area contributed by atoms with Crippen LogP contribution < -0.4 is 15.0 Å². The van der Waals surface area contributed by atoms with Gasteiger partial charge in [0.05, 0.1) is 11.4 Å². The lowest BCUT2D eigenvalue weighted by atomic mass is 9.95. The van der Waals surface area contributed by atoms with Crippen molar-refractivity contribution < 1.29 is 19.1 Å². The third-order valence-corrected chi connectivity index (χ3v) is 8.77. The van der Waals surface area contributed by atoms with Crippen LogP contribution in [-0.4, -0.2) is 46.7 Å². The van der Waals surface area contributed by atoms with E-state index in [2.05, 4.69) is 15.3 Å². The number of carbonyl (C=O) groups excluding carboxylic acids is 3. The van der Waals surface area contributed by atoms with Crippen molar-refractivity contribution in [2.45, 2.75) is 25.7 Å². The van der Waals surface area contributed by atoms with Crippen molar-refractivity contribution in [3.8, 4) is 5.75 Å². The van der Waals surface area contributed by atoms with Crippen LogP contribution in [0.1, 0.15) is 51.4 Å². The Morgan fingerprint density at radius 3 is 2.42 bits per heavy atom. The first-order chi connectivity index (χ1) is 21.9. The zero-order valence-corrected chi connectivity index (χ0v) is 25.4. The number of Topliss-reactive ketones (excluding diaryl/α,β-unsaturated/α-hetero) is 1. The summed E-state index contributed by atoms with van der Waals surface area (Å²) in [6, 6.07) is 26.7. The lowest BCUT2D eigenvalue weighted by Gasteiger charge is -2.18. The topological polar surface area (TPSA) is 107 Å². The van der Waals surface area contributed by atoms with E-state index < -0.39 is 6.09 Å². The van der Waals surface area contributed by atoms with Gasteiger partial charge in [-0.2, -0.15) is 0 Å². The molecular formula is C36H31ClN4O4. The number of ether oxygens (including phenoxy) is 1. The number of hydrogen-bond acceptors (Lipinski definition) is 4. The van der Waals surface area contributed by atoms with Crippen LogP contribution in [0.25, 0.3) is 32.6 Å². The molecule has 8 nitrogen and oxygen atoms in total. The summed E-state index contributed by atoms with van der Waals surface area (Å²) < 4.78 is 5.74. The second-order valence-electron chi connectivity index (χ2n) is 11.4. The smallest absolute Gasteiger partial charge is 0.410 e. The molecule has 2 aromatic heterocycles. The summed E-state index contributed by atoms with van der Waals surface area (Å²) in [5.74, 6) is 0.398. The van der Waals surface area contributed by atoms with Gasteiger partial charge in [-0.25, -0.2) is 4.79 Å². The molecule has 1 aliphatic heterocycles. The number of amides is 2. The van der Waals surface area contributed by atoms with Crippen LogP contribution in [0.2, 0.25) is 0 Å². The van der Waals surface area contributed by atoms with Gasteiger partial charge in [0.15, 0.2) is 5.78 Å².